The molecule has 2 atom stereocenters. The molecule has 3 rings (SSSR count). The van der Waals surface area contributed by atoms with E-state index in [1.165, 1.54) is 12.8 Å². The van der Waals surface area contributed by atoms with E-state index in [1.54, 1.807) is 0 Å². The molecule has 2 aliphatic heterocycles. The van der Waals surface area contributed by atoms with Gasteiger partial charge in [0.05, 0.1) is 5.92 Å². The molecule has 0 aromatic carbocycles. The molecule has 15 heavy (non-hydrogen) atoms. The van der Waals surface area contributed by atoms with Gasteiger partial charge in [-0.3, -0.25) is 15.0 Å². The van der Waals surface area contributed by atoms with Crippen LogP contribution in [-0.4, -0.2) is 42.0 Å². The van der Waals surface area contributed by atoms with Crippen LogP contribution in [0, 0.1) is 5.92 Å². The number of nitrogens with one attached hydrogen (secondary N) is 2. The topological polar surface area (TPSA) is 61.4 Å². The van der Waals surface area contributed by atoms with Crippen molar-refractivity contribution in [3.05, 3.63) is 0 Å². The highest BCUT2D eigenvalue weighted by Gasteiger charge is 2.42. The first-order valence-corrected chi connectivity index (χ1v) is 5.59. The van der Waals surface area contributed by atoms with Crippen molar-refractivity contribution >= 4 is 11.9 Å². The Morgan fingerprint density at radius 1 is 1.20 bits per heavy atom. The third-order valence-electron chi connectivity index (χ3n) is 3.60. The summed E-state index contributed by atoms with van der Waals surface area (Å²) in [6.45, 7) is 1.82. The lowest BCUT2D eigenvalue weighted by atomic mass is 9.90. The minimum absolute atomic E-state index is 0.0444. The van der Waals surface area contributed by atoms with E-state index in [2.05, 4.69) is 15.5 Å². The number of carbonyl (C=O) groups excluding carboxylic acids is 2. The zero-order valence-electron chi connectivity index (χ0n) is 8.53. The molecule has 3 aliphatic rings. The maximum absolute atomic E-state index is 11.6. The quantitative estimate of drug-likeness (QED) is 0.622. The monoisotopic (exact) mass is 209 g/mol. The SMILES string of the molecule is O=C1NC(=O)C2CN(C3CC3)CCC2N1. The number of fused-ring (bicyclic) bond motifs is 1. The fraction of sp³-hybridized carbons (Fsp3) is 0.800. The minimum Gasteiger partial charge on any atom is -0.334 e. The van der Waals surface area contributed by atoms with Gasteiger partial charge in [-0.05, 0) is 19.3 Å². The maximum Gasteiger partial charge on any atom is 0.321 e. The first-order chi connectivity index (χ1) is 7.24. The molecule has 2 saturated heterocycles. The average molecular weight is 209 g/mol. The average Bonchev–Trinajstić information content (AvgIpc) is 3.00. The van der Waals surface area contributed by atoms with Crippen LogP contribution in [0.3, 0.4) is 0 Å². The smallest absolute Gasteiger partial charge is 0.321 e. The maximum atomic E-state index is 11.6. The summed E-state index contributed by atoms with van der Waals surface area (Å²) in [7, 11) is 0. The summed E-state index contributed by atoms with van der Waals surface area (Å²) in [6, 6.07) is 0.429. The lowest BCUT2D eigenvalue weighted by molar-refractivity contribution is -0.127. The predicted molar refractivity (Wildman–Crippen MR) is 53.2 cm³/mol. The number of piperidine rings is 1. The Hall–Kier alpha value is -1.10. The number of hydrogen-bond donors (Lipinski definition) is 2. The lowest BCUT2D eigenvalue weighted by Crippen LogP contribution is -2.63. The molecule has 2 N–H and O–H groups in total. The van der Waals surface area contributed by atoms with Gasteiger partial charge in [0.15, 0.2) is 0 Å². The first kappa shape index (κ1) is 9.15. The molecule has 1 saturated carbocycles. The number of likely N-dealkylation sites (tertiary alicyclic amines) is 1. The van der Waals surface area contributed by atoms with Crippen LogP contribution in [0.15, 0.2) is 0 Å². The van der Waals surface area contributed by atoms with Gasteiger partial charge in [0.1, 0.15) is 0 Å². The van der Waals surface area contributed by atoms with Gasteiger partial charge in [-0.2, -0.15) is 0 Å². The predicted octanol–water partition coefficient (Wildman–Crippen LogP) is -0.321. The van der Waals surface area contributed by atoms with E-state index >= 15 is 0 Å². The molecule has 0 bridgehead atoms. The van der Waals surface area contributed by atoms with Crippen LogP contribution >= 0.6 is 0 Å². The second-order valence-electron chi connectivity index (χ2n) is 4.69. The number of imide groups is 1. The third-order valence-corrected chi connectivity index (χ3v) is 3.60. The fourth-order valence-corrected chi connectivity index (χ4v) is 2.60. The number of hydrogen-bond acceptors (Lipinski definition) is 3. The molecule has 3 fully saturated rings. The van der Waals surface area contributed by atoms with Crippen LogP contribution in [0.2, 0.25) is 0 Å². The summed E-state index contributed by atoms with van der Waals surface area (Å²) in [4.78, 5) is 25.1. The third kappa shape index (κ3) is 1.61. The number of nitrogens with zero attached hydrogens (tertiary/aromatic N) is 1. The van der Waals surface area contributed by atoms with E-state index in [-0.39, 0.29) is 23.9 Å². The Morgan fingerprint density at radius 2 is 2.00 bits per heavy atom. The molecule has 3 amide bonds. The Labute approximate surface area is 88.2 Å². The Balaban J connectivity index is 1.71. The minimum atomic E-state index is -0.332. The molecule has 0 aromatic heterocycles. The second-order valence-corrected chi connectivity index (χ2v) is 4.69. The van der Waals surface area contributed by atoms with E-state index in [4.69, 9.17) is 0 Å². The van der Waals surface area contributed by atoms with Crippen molar-refractivity contribution in [1.82, 2.24) is 15.5 Å². The largest absolute Gasteiger partial charge is 0.334 e. The van der Waals surface area contributed by atoms with Crippen molar-refractivity contribution in [3.63, 3.8) is 0 Å². The molecule has 5 heteroatoms. The Bertz CT molecular complexity index is 314. The van der Waals surface area contributed by atoms with E-state index < -0.39 is 0 Å². The van der Waals surface area contributed by atoms with Crippen molar-refractivity contribution in [3.8, 4) is 0 Å². The Kier molecular flexibility index (Phi) is 1.95. The van der Waals surface area contributed by atoms with E-state index in [0.29, 0.717) is 6.04 Å². The summed E-state index contributed by atoms with van der Waals surface area (Å²) in [5.74, 6) is -0.147. The number of rotatable bonds is 1. The van der Waals surface area contributed by atoms with Gasteiger partial charge in [-0.25, -0.2) is 4.79 Å². The van der Waals surface area contributed by atoms with E-state index in [0.717, 1.165) is 19.5 Å². The lowest BCUT2D eigenvalue weighted by Gasteiger charge is -2.40. The molecule has 2 unspecified atom stereocenters. The molecule has 0 radical (unpaired) electrons. The molecule has 0 aromatic rings. The summed E-state index contributed by atoms with van der Waals surface area (Å²) < 4.78 is 0. The van der Waals surface area contributed by atoms with Gasteiger partial charge in [0, 0.05) is 25.2 Å². The second kappa shape index (κ2) is 3.20. The Morgan fingerprint density at radius 3 is 2.73 bits per heavy atom. The van der Waals surface area contributed by atoms with Gasteiger partial charge < -0.3 is 5.32 Å². The standard InChI is InChI=1S/C10H15N3O2/c14-9-7-5-13(6-1-2-6)4-3-8(7)11-10(15)12-9/h6-8H,1-5H2,(H2,11,12,14,15). The zero-order valence-corrected chi connectivity index (χ0v) is 8.53. The fourth-order valence-electron chi connectivity index (χ4n) is 2.60. The van der Waals surface area contributed by atoms with Crippen molar-refractivity contribution in [2.75, 3.05) is 13.1 Å². The molecular formula is C10H15N3O2. The van der Waals surface area contributed by atoms with Crippen LogP contribution in [0.25, 0.3) is 0 Å². The summed E-state index contributed by atoms with van der Waals surface area (Å²) in [5.41, 5.74) is 0. The number of urea groups is 1. The van der Waals surface area contributed by atoms with Crippen LogP contribution < -0.4 is 10.6 Å². The molecule has 0 spiro atoms. The molecule has 5 nitrogen and oxygen atoms in total. The summed E-state index contributed by atoms with van der Waals surface area (Å²) >= 11 is 0. The van der Waals surface area contributed by atoms with Crippen molar-refractivity contribution in [2.45, 2.75) is 31.3 Å². The van der Waals surface area contributed by atoms with Gasteiger partial charge in [-0.15, -0.1) is 0 Å². The van der Waals surface area contributed by atoms with Gasteiger partial charge in [0.2, 0.25) is 5.91 Å². The molecule has 1 aliphatic carbocycles. The van der Waals surface area contributed by atoms with Gasteiger partial charge in [-0.1, -0.05) is 0 Å². The van der Waals surface area contributed by atoms with E-state index in [9.17, 15) is 9.59 Å². The van der Waals surface area contributed by atoms with Crippen molar-refractivity contribution < 1.29 is 9.59 Å². The van der Waals surface area contributed by atoms with Crippen LogP contribution in [0.4, 0.5) is 4.79 Å². The van der Waals surface area contributed by atoms with Crippen LogP contribution in [0.1, 0.15) is 19.3 Å². The molecular weight excluding hydrogens is 194 g/mol. The molecule has 82 valence electrons. The highest BCUT2D eigenvalue weighted by atomic mass is 16.2. The van der Waals surface area contributed by atoms with Crippen LogP contribution in [-0.2, 0) is 4.79 Å². The normalized spacial score (nSPS) is 36.8. The highest BCUT2D eigenvalue weighted by Crippen LogP contribution is 2.31. The zero-order chi connectivity index (χ0) is 10.4. The first-order valence-electron chi connectivity index (χ1n) is 5.59. The van der Waals surface area contributed by atoms with Gasteiger partial charge >= 0.3 is 6.03 Å². The van der Waals surface area contributed by atoms with Crippen LogP contribution in [0.5, 0.6) is 0 Å². The van der Waals surface area contributed by atoms with Crippen molar-refractivity contribution in [2.24, 2.45) is 5.92 Å². The summed E-state index contributed by atoms with van der Waals surface area (Å²) in [6.07, 6.45) is 3.44. The number of amides is 3. The molecule has 2 heterocycles. The number of carbonyl (C=O) groups is 2. The van der Waals surface area contributed by atoms with Crippen molar-refractivity contribution in [1.29, 1.82) is 0 Å². The highest BCUT2D eigenvalue weighted by molar-refractivity contribution is 5.98. The van der Waals surface area contributed by atoms with Gasteiger partial charge in [0.25, 0.3) is 0 Å². The van der Waals surface area contributed by atoms with E-state index in [1.807, 2.05) is 0 Å². The summed E-state index contributed by atoms with van der Waals surface area (Å²) in [5, 5.41) is 5.17.